The molecular weight excluding hydrogens is 460 g/mol. The molecule has 7 heteroatoms. The van der Waals surface area contributed by atoms with E-state index < -0.39 is 0 Å². The van der Waals surface area contributed by atoms with Crippen LogP contribution in [0, 0.1) is 25.2 Å². The molecule has 1 aliphatic heterocycles. The highest BCUT2D eigenvalue weighted by Crippen LogP contribution is 2.39. The lowest BCUT2D eigenvalue weighted by atomic mass is 9.96. The third-order valence-corrected chi connectivity index (χ3v) is 8.92. The summed E-state index contributed by atoms with van der Waals surface area (Å²) < 4.78 is 2.19. The molecule has 2 aromatic heterocycles. The van der Waals surface area contributed by atoms with Gasteiger partial charge in [0.2, 0.25) is 0 Å². The van der Waals surface area contributed by atoms with Crippen molar-refractivity contribution in [1.29, 1.82) is 5.26 Å². The lowest BCUT2D eigenvalue weighted by molar-refractivity contribution is -0.116. The van der Waals surface area contributed by atoms with Gasteiger partial charge in [-0.3, -0.25) is 4.79 Å². The Morgan fingerprint density at radius 1 is 1.24 bits per heavy atom. The molecule has 0 unspecified atom stereocenters. The fourth-order valence-electron chi connectivity index (χ4n) is 4.77. The maximum Gasteiger partial charge on any atom is 0.260 e. The van der Waals surface area contributed by atoms with Crippen LogP contribution in [0.25, 0.3) is 11.1 Å². The first-order valence-electron chi connectivity index (χ1n) is 11.8. The first-order chi connectivity index (χ1) is 16.5. The number of nitrogens with one attached hydrogen (secondary N) is 2. The zero-order chi connectivity index (χ0) is 23.8. The fraction of sp³-hybridized carbons (Fsp3) is 0.333. The van der Waals surface area contributed by atoms with E-state index in [0.717, 1.165) is 58.9 Å². The van der Waals surface area contributed by atoms with Crippen molar-refractivity contribution in [2.24, 2.45) is 0 Å². The van der Waals surface area contributed by atoms with Crippen molar-refractivity contribution in [3.8, 4) is 11.1 Å². The Bertz CT molecular complexity index is 1320. The van der Waals surface area contributed by atoms with Crippen molar-refractivity contribution >= 4 is 40.8 Å². The van der Waals surface area contributed by atoms with E-state index in [9.17, 15) is 10.1 Å². The monoisotopic (exact) mass is 488 g/mol. The van der Waals surface area contributed by atoms with Crippen LogP contribution in [0.2, 0.25) is 0 Å². The molecule has 1 aromatic carbocycles. The second-order valence-corrected chi connectivity index (χ2v) is 11.1. The SMILES string of the molecule is CCc1ccc(N[C@@H]2NC(=O)/C(=C/c3cc(C)n(-c4sc5c(c4C#N)CCCC5)c3C)S2)cc1. The predicted molar refractivity (Wildman–Crippen MR) is 141 cm³/mol. The highest BCUT2D eigenvalue weighted by molar-refractivity contribution is 8.05. The Morgan fingerprint density at radius 3 is 2.74 bits per heavy atom. The minimum Gasteiger partial charge on any atom is -0.357 e. The Hall–Kier alpha value is -2.95. The molecule has 1 saturated heterocycles. The van der Waals surface area contributed by atoms with Crippen LogP contribution in [0.15, 0.2) is 35.2 Å². The first kappa shape index (κ1) is 22.8. The second kappa shape index (κ2) is 9.36. The zero-order valence-electron chi connectivity index (χ0n) is 19.7. The smallest absolute Gasteiger partial charge is 0.260 e. The van der Waals surface area contributed by atoms with Crippen molar-refractivity contribution in [2.75, 3.05) is 5.32 Å². The largest absolute Gasteiger partial charge is 0.357 e. The number of nitrogens with zero attached hydrogens (tertiary/aromatic N) is 2. The van der Waals surface area contributed by atoms with Crippen molar-refractivity contribution in [1.82, 2.24) is 9.88 Å². The Kier molecular flexibility index (Phi) is 6.28. The van der Waals surface area contributed by atoms with Crippen LogP contribution < -0.4 is 10.6 Å². The molecule has 5 rings (SSSR count). The van der Waals surface area contributed by atoms with Crippen LogP contribution in [0.1, 0.15) is 58.3 Å². The molecule has 2 aliphatic rings. The van der Waals surface area contributed by atoms with E-state index >= 15 is 0 Å². The number of nitriles is 1. The topological polar surface area (TPSA) is 69.8 Å². The number of rotatable bonds is 5. The molecule has 1 fully saturated rings. The van der Waals surface area contributed by atoms with Crippen molar-refractivity contribution in [3.05, 3.63) is 73.8 Å². The Labute approximate surface area is 208 Å². The van der Waals surface area contributed by atoms with Gasteiger partial charge in [0.15, 0.2) is 5.50 Å². The third kappa shape index (κ3) is 4.17. The van der Waals surface area contributed by atoms with Crippen LogP contribution in [0.5, 0.6) is 0 Å². The van der Waals surface area contributed by atoms with Gasteiger partial charge >= 0.3 is 0 Å². The number of benzene rings is 1. The highest BCUT2D eigenvalue weighted by Gasteiger charge is 2.28. The number of thiophene rings is 1. The van der Waals surface area contributed by atoms with Crippen LogP contribution >= 0.6 is 23.1 Å². The number of carbonyl (C=O) groups is 1. The number of hydrogen-bond donors (Lipinski definition) is 2. The minimum atomic E-state index is -0.205. The molecule has 2 N–H and O–H groups in total. The summed E-state index contributed by atoms with van der Waals surface area (Å²) in [5.41, 5.74) is 7.28. The van der Waals surface area contributed by atoms with Gasteiger partial charge in [-0.05, 0) is 86.9 Å². The number of thioether (sulfide) groups is 1. The van der Waals surface area contributed by atoms with E-state index in [4.69, 9.17) is 0 Å². The molecule has 34 heavy (non-hydrogen) atoms. The van der Waals surface area contributed by atoms with Crippen molar-refractivity contribution in [3.63, 3.8) is 0 Å². The summed E-state index contributed by atoms with van der Waals surface area (Å²) in [4.78, 5) is 14.7. The number of anilines is 1. The van der Waals surface area contributed by atoms with Crippen molar-refractivity contribution in [2.45, 2.75) is 58.4 Å². The molecule has 1 aliphatic carbocycles. The van der Waals surface area contributed by atoms with E-state index in [0.29, 0.717) is 4.91 Å². The molecule has 0 saturated carbocycles. The summed E-state index contributed by atoms with van der Waals surface area (Å²) >= 11 is 3.25. The van der Waals surface area contributed by atoms with Crippen LogP contribution in [0.4, 0.5) is 5.69 Å². The van der Waals surface area contributed by atoms with Gasteiger partial charge in [-0.25, -0.2) is 0 Å². The molecule has 1 atom stereocenters. The Balaban J connectivity index is 1.41. The van der Waals surface area contributed by atoms with E-state index in [1.807, 2.05) is 18.2 Å². The van der Waals surface area contributed by atoms with Gasteiger partial charge in [0.05, 0.1) is 10.5 Å². The molecule has 3 heterocycles. The van der Waals surface area contributed by atoms with Crippen LogP contribution in [-0.4, -0.2) is 16.0 Å². The summed E-state index contributed by atoms with van der Waals surface area (Å²) in [5.74, 6) is -0.0678. The van der Waals surface area contributed by atoms with E-state index in [-0.39, 0.29) is 11.4 Å². The number of hydrogen-bond acceptors (Lipinski definition) is 5. The summed E-state index contributed by atoms with van der Waals surface area (Å²) in [5, 5.41) is 17.4. The standard InChI is InChI=1S/C27H28N4OS2/c1-4-18-9-11-20(12-10-18)29-27-30-25(32)24(34-27)14-19-13-16(2)31(17(19)3)26-22(15-28)21-7-5-6-8-23(21)33-26/h9-14,27,29H,4-8H2,1-3H3,(H,30,32)/b24-14-/t27-/m1/s1. The second-order valence-electron chi connectivity index (χ2n) is 8.84. The number of carbonyl (C=O) groups excluding carboxylic acids is 1. The van der Waals surface area contributed by atoms with E-state index in [2.05, 4.69) is 60.2 Å². The van der Waals surface area contributed by atoms with Gasteiger partial charge in [0.25, 0.3) is 5.91 Å². The lowest BCUT2D eigenvalue weighted by Crippen LogP contribution is -2.30. The van der Waals surface area contributed by atoms with Crippen LogP contribution in [-0.2, 0) is 24.1 Å². The molecule has 3 aromatic rings. The zero-order valence-corrected chi connectivity index (χ0v) is 21.3. The average molecular weight is 489 g/mol. The maximum atomic E-state index is 12.7. The van der Waals surface area contributed by atoms with Gasteiger partial charge in [-0.1, -0.05) is 30.8 Å². The lowest BCUT2D eigenvalue weighted by Gasteiger charge is -2.12. The van der Waals surface area contributed by atoms with E-state index in [1.165, 1.54) is 34.2 Å². The van der Waals surface area contributed by atoms with E-state index in [1.54, 1.807) is 11.3 Å². The average Bonchev–Trinajstić information content (AvgIpc) is 3.46. The van der Waals surface area contributed by atoms with Crippen LogP contribution in [0.3, 0.4) is 0 Å². The fourth-order valence-corrected chi connectivity index (χ4v) is 7.19. The third-order valence-electron chi connectivity index (χ3n) is 6.62. The Morgan fingerprint density at radius 2 is 2.00 bits per heavy atom. The number of amides is 1. The summed E-state index contributed by atoms with van der Waals surface area (Å²) in [6.45, 7) is 6.28. The molecule has 0 bridgehead atoms. The van der Waals surface area contributed by atoms with Gasteiger partial charge in [-0.15, -0.1) is 11.3 Å². The molecular formula is C27H28N4OS2. The first-order valence-corrected chi connectivity index (χ1v) is 13.5. The molecule has 1 amide bonds. The number of fused-ring (bicyclic) bond motifs is 1. The summed E-state index contributed by atoms with van der Waals surface area (Å²) in [7, 11) is 0. The maximum absolute atomic E-state index is 12.7. The molecule has 0 spiro atoms. The molecule has 0 radical (unpaired) electrons. The highest BCUT2D eigenvalue weighted by atomic mass is 32.2. The molecule has 5 nitrogen and oxygen atoms in total. The summed E-state index contributed by atoms with van der Waals surface area (Å²) in [6.07, 6.45) is 7.39. The quantitative estimate of drug-likeness (QED) is 0.428. The minimum absolute atomic E-state index is 0.0678. The number of aryl methyl sites for hydroxylation is 3. The number of aromatic nitrogens is 1. The van der Waals surface area contributed by atoms with Gasteiger partial charge in [0.1, 0.15) is 11.1 Å². The van der Waals surface area contributed by atoms with Gasteiger partial charge in [0, 0.05) is 22.0 Å². The van der Waals surface area contributed by atoms with Crippen molar-refractivity contribution < 1.29 is 4.79 Å². The predicted octanol–water partition coefficient (Wildman–Crippen LogP) is 6.07. The summed E-state index contributed by atoms with van der Waals surface area (Å²) in [6, 6.07) is 12.9. The van der Waals surface area contributed by atoms with Gasteiger partial charge < -0.3 is 15.2 Å². The van der Waals surface area contributed by atoms with Gasteiger partial charge in [-0.2, -0.15) is 5.26 Å². The molecule has 174 valence electrons. The normalized spacial score (nSPS) is 18.6.